The fourth-order valence-electron chi connectivity index (χ4n) is 2.81. The van der Waals surface area contributed by atoms with E-state index >= 15 is 0 Å². The van der Waals surface area contributed by atoms with Gasteiger partial charge in [0.2, 0.25) is 5.96 Å². The highest BCUT2D eigenvalue weighted by Gasteiger charge is 2.22. The zero-order valence-corrected chi connectivity index (χ0v) is 13.7. The summed E-state index contributed by atoms with van der Waals surface area (Å²) in [7, 11) is 0. The van der Waals surface area contributed by atoms with E-state index in [0.717, 1.165) is 36.0 Å². The van der Waals surface area contributed by atoms with Gasteiger partial charge in [-0.25, -0.2) is 9.98 Å². The maximum atomic E-state index is 12.1. The van der Waals surface area contributed by atoms with Crippen molar-refractivity contribution < 1.29 is 9.53 Å². The van der Waals surface area contributed by atoms with Gasteiger partial charge in [0.15, 0.2) is 0 Å². The second kappa shape index (κ2) is 7.02. The van der Waals surface area contributed by atoms with Gasteiger partial charge in [0.25, 0.3) is 5.91 Å². The largest absolute Gasteiger partial charge is 0.376 e. The Morgan fingerprint density at radius 1 is 1.46 bits per heavy atom. The van der Waals surface area contributed by atoms with Crippen molar-refractivity contribution in [1.29, 1.82) is 0 Å². The Kier molecular flexibility index (Phi) is 4.82. The average molecular weight is 348 g/mol. The quantitative estimate of drug-likeness (QED) is 0.735. The zero-order valence-electron chi connectivity index (χ0n) is 12.9. The number of carbonyl (C=O) groups excluding carboxylic acids is 1. The lowest BCUT2D eigenvalue weighted by Gasteiger charge is -2.10. The summed E-state index contributed by atoms with van der Waals surface area (Å²) in [5.41, 5.74) is 2.06. The lowest BCUT2D eigenvalue weighted by atomic mass is 10.2. The molecule has 2 aromatic rings. The number of nitrogens with zero attached hydrogens (tertiary/aromatic N) is 2. The first-order chi connectivity index (χ1) is 11.3. The van der Waals surface area contributed by atoms with Crippen LogP contribution in [0.3, 0.4) is 0 Å². The zero-order chi connectivity index (χ0) is 15.6. The van der Waals surface area contributed by atoms with Crippen LogP contribution in [0, 0.1) is 0 Å². The fraction of sp³-hybridized carbons (Fsp3) is 0.312. The molecule has 1 unspecified atom stereocenters. The predicted octanol–water partition coefficient (Wildman–Crippen LogP) is 1.58. The number of pyridine rings is 1. The van der Waals surface area contributed by atoms with Gasteiger partial charge >= 0.3 is 0 Å². The molecule has 0 spiro atoms. The Balaban J connectivity index is 0.00000169. The standard InChI is InChI=1S/C16H17N5O2.ClH/c22-15-13(7-10-8-18-14-12(10)4-1-5-17-14)20-16(21-15)19-9-11-3-2-6-23-11;/h1,4-5,7-8,11H,2-3,6,9H2,(H,17,18)(H2,19,20,21,22);1H. The van der Waals surface area contributed by atoms with Crippen LogP contribution in [0.25, 0.3) is 17.1 Å². The number of nitrogens with one attached hydrogen (secondary N) is 3. The topological polar surface area (TPSA) is 91.4 Å². The molecule has 1 fully saturated rings. The summed E-state index contributed by atoms with van der Waals surface area (Å²) in [5, 5.41) is 6.83. The van der Waals surface area contributed by atoms with Gasteiger partial charge in [0.1, 0.15) is 11.3 Å². The first-order valence-corrected chi connectivity index (χ1v) is 7.69. The van der Waals surface area contributed by atoms with Crippen molar-refractivity contribution in [1.82, 2.24) is 20.6 Å². The number of aromatic amines is 1. The predicted molar refractivity (Wildman–Crippen MR) is 93.9 cm³/mol. The molecular formula is C16H18ClN5O2. The third-order valence-corrected chi connectivity index (χ3v) is 3.99. The number of aromatic nitrogens is 2. The van der Waals surface area contributed by atoms with E-state index in [2.05, 4.69) is 25.6 Å². The lowest BCUT2D eigenvalue weighted by molar-refractivity contribution is -0.115. The average Bonchev–Trinajstić information content (AvgIpc) is 3.28. The molecular weight excluding hydrogens is 330 g/mol. The molecule has 0 bridgehead atoms. The van der Waals surface area contributed by atoms with Crippen molar-refractivity contribution in [3.8, 4) is 0 Å². The van der Waals surface area contributed by atoms with Crippen LogP contribution in [-0.4, -0.2) is 41.1 Å². The minimum absolute atomic E-state index is 0. The molecule has 2 aliphatic heterocycles. The van der Waals surface area contributed by atoms with Crippen LogP contribution in [0.1, 0.15) is 18.4 Å². The Hall–Kier alpha value is -2.38. The first-order valence-electron chi connectivity index (χ1n) is 7.69. The maximum Gasteiger partial charge on any atom is 0.276 e. The van der Waals surface area contributed by atoms with Gasteiger partial charge in [-0.3, -0.25) is 10.1 Å². The molecule has 2 aromatic heterocycles. The summed E-state index contributed by atoms with van der Waals surface area (Å²) in [6, 6.07) is 3.82. The fourth-order valence-corrected chi connectivity index (χ4v) is 2.81. The Morgan fingerprint density at radius 2 is 2.38 bits per heavy atom. The number of carbonyl (C=O) groups is 1. The number of H-pyrrole nitrogens is 1. The summed E-state index contributed by atoms with van der Waals surface area (Å²) in [4.78, 5) is 23.7. The Labute approximate surface area is 145 Å². The second-order valence-electron chi connectivity index (χ2n) is 5.60. The minimum atomic E-state index is -0.210. The molecule has 0 aromatic carbocycles. The Morgan fingerprint density at radius 3 is 3.21 bits per heavy atom. The van der Waals surface area contributed by atoms with E-state index < -0.39 is 0 Å². The van der Waals surface area contributed by atoms with Crippen molar-refractivity contribution in [3.05, 3.63) is 35.8 Å². The van der Waals surface area contributed by atoms with Crippen LogP contribution in [0.5, 0.6) is 0 Å². The molecule has 0 saturated carbocycles. The molecule has 1 saturated heterocycles. The number of amides is 1. The van der Waals surface area contributed by atoms with Gasteiger partial charge in [-0.2, -0.15) is 0 Å². The summed E-state index contributed by atoms with van der Waals surface area (Å²) >= 11 is 0. The maximum absolute atomic E-state index is 12.1. The van der Waals surface area contributed by atoms with Crippen molar-refractivity contribution >= 4 is 41.4 Å². The SMILES string of the molecule is Cl.O=C1NC(NCC2CCCO2)=NC1=Cc1c[nH]c2ncccc12. The van der Waals surface area contributed by atoms with Crippen LogP contribution < -0.4 is 10.6 Å². The second-order valence-corrected chi connectivity index (χ2v) is 5.60. The van der Waals surface area contributed by atoms with E-state index in [1.54, 1.807) is 12.3 Å². The van der Waals surface area contributed by atoms with Crippen LogP contribution >= 0.6 is 12.4 Å². The van der Waals surface area contributed by atoms with Crippen molar-refractivity contribution in [2.24, 2.45) is 4.99 Å². The van der Waals surface area contributed by atoms with Crippen LogP contribution in [-0.2, 0) is 9.53 Å². The van der Waals surface area contributed by atoms with Gasteiger partial charge in [-0.05, 0) is 31.1 Å². The number of fused-ring (bicyclic) bond motifs is 1. The highest BCUT2D eigenvalue weighted by Crippen LogP contribution is 2.20. The van der Waals surface area contributed by atoms with Crippen LogP contribution in [0.15, 0.2) is 35.2 Å². The van der Waals surface area contributed by atoms with Crippen molar-refractivity contribution in [2.75, 3.05) is 13.2 Å². The minimum Gasteiger partial charge on any atom is -0.376 e. The molecule has 4 heterocycles. The Bertz CT molecular complexity index is 808. The lowest BCUT2D eigenvalue weighted by Crippen LogP contribution is -2.40. The van der Waals surface area contributed by atoms with Crippen molar-refractivity contribution in [2.45, 2.75) is 18.9 Å². The molecule has 126 valence electrons. The third kappa shape index (κ3) is 3.27. The van der Waals surface area contributed by atoms with Gasteiger partial charge in [-0.15, -0.1) is 12.4 Å². The van der Waals surface area contributed by atoms with E-state index in [1.165, 1.54) is 0 Å². The number of halogens is 1. The number of hydrogen-bond donors (Lipinski definition) is 3. The highest BCUT2D eigenvalue weighted by atomic mass is 35.5. The number of guanidine groups is 1. The van der Waals surface area contributed by atoms with Crippen LogP contribution in [0.2, 0.25) is 0 Å². The molecule has 1 atom stereocenters. The highest BCUT2D eigenvalue weighted by molar-refractivity contribution is 6.14. The summed E-state index contributed by atoms with van der Waals surface area (Å²) < 4.78 is 5.54. The van der Waals surface area contributed by atoms with E-state index in [-0.39, 0.29) is 24.4 Å². The van der Waals surface area contributed by atoms with Crippen LogP contribution in [0.4, 0.5) is 0 Å². The molecule has 7 nitrogen and oxygen atoms in total. The van der Waals surface area contributed by atoms with E-state index in [0.29, 0.717) is 18.2 Å². The van der Waals surface area contributed by atoms with E-state index in [4.69, 9.17) is 4.74 Å². The van der Waals surface area contributed by atoms with Gasteiger partial charge < -0.3 is 15.0 Å². The molecule has 0 aliphatic carbocycles. The van der Waals surface area contributed by atoms with E-state index in [1.807, 2.05) is 18.3 Å². The molecule has 8 heteroatoms. The number of hydrogen-bond acceptors (Lipinski definition) is 5. The molecule has 3 N–H and O–H groups in total. The van der Waals surface area contributed by atoms with Gasteiger partial charge in [0, 0.05) is 36.5 Å². The summed E-state index contributed by atoms with van der Waals surface area (Å²) in [6.07, 6.45) is 7.64. The first kappa shape index (κ1) is 16.5. The van der Waals surface area contributed by atoms with Gasteiger partial charge in [-0.1, -0.05) is 0 Å². The molecule has 0 radical (unpaired) electrons. The summed E-state index contributed by atoms with van der Waals surface area (Å²) in [5.74, 6) is 0.271. The summed E-state index contributed by atoms with van der Waals surface area (Å²) in [6.45, 7) is 1.47. The normalized spacial score (nSPS) is 21.7. The molecule has 2 aliphatic rings. The molecule has 24 heavy (non-hydrogen) atoms. The third-order valence-electron chi connectivity index (χ3n) is 3.99. The smallest absolute Gasteiger partial charge is 0.276 e. The van der Waals surface area contributed by atoms with Gasteiger partial charge in [0.05, 0.1) is 6.10 Å². The van der Waals surface area contributed by atoms with Crippen molar-refractivity contribution in [3.63, 3.8) is 0 Å². The number of rotatable bonds is 3. The monoisotopic (exact) mass is 347 g/mol. The molecule has 4 rings (SSSR count). The van der Waals surface area contributed by atoms with E-state index in [9.17, 15) is 4.79 Å². The number of aliphatic imine (C=N–C) groups is 1. The number of ether oxygens (including phenoxy) is 1. The molecule has 1 amide bonds.